The van der Waals surface area contributed by atoms with E-state index in [2.05, 4.69) is 10.6 Å². The zero-order valence-corrected chi connectivity index (χ0v) is 16.0. The second kappa shape index (κ2) is 7.83. The van der Waals surface area contributed by atoms with Crippen LogP contribution in [0.5, 0.6) is 5.75 Å². The minimum Gasteiger partial charge on any atom is -0.482 e. The maximum absolute atomic E-state index is 12.5. The molecule has 1 aromatic carbocycles. The van der Waals surface area contributed by atoms with Gasteiger partial charge in [-0.15, -0.1) is 0 Å². The lowest BCUT2D eigenvalue weighted by Crippen LogP contribution is -2.49. The van der Waals surface area contributed by atoms with Crippen molar-refractivity contribution in [3.63, 3.8) is 0 Å². The molecule has 2 aliphatic rings. The Bertz CT molecular complexity index is 831. The smallest absolute Gasteiger partial charge is 0.262 e. The maximum atomic E-state index is 12.5. The van der Waals surface area contributed by atoms with Crippen LogP contribution in [-0.2, 0) is 19.6 Å². The average Bonchev–Trinajstić information content (AvgIpc) is 2.60. The van der Waals surface area contributed by atoms with Gasteiger partial charge in [0.25, 0.3) is 11.8 Å². The van der Waals surface area contributed by atoms with E-state index in [4.69, 9.17) is 9.47 Å². The summed E-state index contributed by atoms with van der Waals surface area (Å²) in [5.41, 5.74) is 0.730. The van der Waals surface area contributed by atoms with Crippen LogP contribution >= 0.6 is 0 Å². The summed E-state index contributed by atoms with van der Waals surface area (Å²) in [7, 11) is -3.49. The zero-order valence-electron chi connectivity index (χ0n) is 15.2. The van der Waals surface area contributed by atoms with Crippen molar-refractivity contribution in [3.05, 3.63) is 23.8 Å². The molecule has 0 aromatic heterocycles. The van der Waals surface area contributed by atoms with Gasteiger partial charge in [-0.1, -0.05) is 0 Å². The van der Waals surface area contributed by atoms with E-state index in [-0.39, 0.29) is 37.0 Å². The van der Waals surface area contributed by atoms with Gasteiger partial charge >= 0.3 is 0 Å². The molecule has 2 N–H and O–H groups in total. The van der Waals surface area contributed by atoms with Gasteiger partial charge in [0.05, 0.1) is 23.6 Å². The molecule has 0 saturated carbocycles. The van der Waals surface area contributed by atoms with Crippen LogP contribution in [0, 0.1) is 0 Å². The van der Waals surface area contributed by atoms with E-state index in [0.29, 0.717) is 30.1 Å². The van der Waals surface area contributed by atoms with Crippen LogP contribution in [0.25, 0.3) is 0 Å². The van der Waals surface area contributed by atoms with E-state index in [9.17, 15) is 18.0 Å². The van der Waals surface area contributed by atoms with Crippen molar-refractivity contribution in [3.8, 4) is 5.75 Å². The number of hydrogen-bond donors (Lipinski definition) is 2. The number of hydrogen-bond acceptors (Lipinski definition) is 6. The minimum absolute atomic E-state index is 0.0127. The highest BCUT2D eigenvalue weighted by molar-refractivity contribution is 7.89. The lowest BCUT2D eigenvalue weighted by molar-refractivity contribution is -0.118. The third kappa shape index (κ3) is 4.76. The Morgan fingerprint density at radius 2 is 2.00 bits per heavy atom. The normalized spacial score (nSPS) is 23.1. The number of carbonyl (C=O) groups excluding carboxylic acids is 2. The first-order valence-corrected chi connectivity index (χ1v) is 10.3. The molecular formula is C17H23N3O6S. The van der Waals surface area contributed by atoms with Gasteiger partial charge in [0.2, 0.25) is 10.0 Å². The van der Waals surface area contributed by atoms with Gasteiger partial charge in [0, 0.05) is 25.2 Å². The number of nitrogens with one attached hydrogen (secondary N) is 2. The molecule has 2 heterocycles. The lowest BCUT2D eigenvalue weighted by atomic mass is 10.1. The summed E-state index contributed by atoms with van der Waals surface area (Å²) in [4.78, 5) is 23.7. The van der Waals surface area contributed by atoms with Gasteiger partial charge in [-0.3, -0.25) is 9.59 Å². The van der Waals surface area contributed by atoms with Crippen molar-refractivity contribution in [2.45, 2.75) is 26.1 Å². The summed E-state index contributed by atoms with van der Waals surface area (Å²) < 4.78 is 37.2. The van der Waals surface area contributed by atoms with Crippen molar-refractivity contribution < 1.29 is 27.5 Å². The second-order valence-electron chi connectivity index (χ2n) is 6.69. The lowest BCUT2D eigenvalue weighted by Gasteiger charge is -2.34. The third-order valence-corrected chi connectivity index (χ3v) is 6.10. The van der Waals surface area contributed by atoms with E-state index in [1.165, 1.54) is 10.4 Å². The standard InChI is InChI=1S/C17H23N3O6S/c1-11-8-20(9-12(2)26-11)27(23,24)6-5-18-17(22)13-3-4-15-14(7-13)19-16(21)10-25-15/h3-4,7,11-12H,5-6,8-10H2,1-2H3,(H,18,22)(H,19,21). The highest BCUT2D eigenvalue weighted by Gasteiger charge is 2.30. The molecule has 0 aliphatic carbocycles. The van der Waals surface area contributed by atoms with E-state index in [1.54, 1.807) is 12.1 Å². The molecular weight excluding hydrogens is 374 g/mol. The number of benzene rings is 1. The van der Waals surface area contributed by atoms with E-state index >= 15 is 0 Å². The molecule has 10 heteroatoms. The molecule has 0 radical (unpaired) electrons. The maximum Gasteiger partial charge on any atom is 0.262 e. The van der Waals surface area contributed by atoms with Crippen LogP contribution in [0.4, 0.5) is 5.69 Å². The van der Waals surface area contributed by atoms with Gasteiger partial charge in [-0.25, -0.2) is 8.42 Å². The molecule has 1 fully saturated rings. The Balaban J connectivity index is 1.56. The van der Waals surface area contributed by atoms with Gasteiger partial charge in [0.1, 0.15) is 5.75 Å². The van der Waals surface area contributed by atoms with Crippen LogP contribution in [0.2, 0.25) is 0 Å². The third-order valence-electron chi connectivity index (χ3n) is 4.30. The zero-order chi connectivity index (χ0) is 19.6. The summed E-state index contributed by atoms with van der Waals surface area (Å²) in [5.74, 6) is -0.413. The van der Waals surface area contributed by atoms with Crippen LogP contribution in [0.1, 0.15) is 24.2 Å². The van der Waals surface area contributed by atoms with Crippen molar-refractivity contribution >= 4 is 27.5 Å². The Labute approximate surface area is 158 Å². The molecule has 1 aromatic rings. The summed E-state index contributed by atoms with van der Waals surface area (Å²) in [5, 5.41) is 5.23. The first-order valence-electron chi connectivity index (χ1n) is 8.73. The topological polar surface area (TPSA) is 114 Å². The van der Waals surface area contributed by atoms with Gasteiger partial charge < -0.3 is 20.1 Å². The Morgan fingerprint density at radius 1 is 1.30 bits per heavy atom. The quantitative estimate of drug-likeness (QED) is 0.733. The first kappa shape index (κ1) is 19.6. The fraction of sp³-hybridized carbons (Fsp3) is 0.529. The number of rotatable bonds is 5. The van der Waals surface area contributed by atoms with Gasteiger partial charge in [0.15, 0.2) is 6.61 Å². The number of sulfonamides is 1. The number of amides is 2. The summed E-state index contributed by atoms with van der Waals surface area (Å²) in [6, 6.07) is 4.66. The predicted octanol–water partition coefficient (Wildman–Crippen LogP) is 0.186. The number of anilines is 1. The summed E-state index contributed by atoms with van der Waals surface area (Å²) >= 11 is 0. The molecule has 2 aliphatic heterocycles. The molecule has 27 heavy (non-hydrogen) atoms. The number of morpholine rings is 1. The molecule has 2 unspecified atom stereocenters. The average molecular weight is 397 g/mol. The van der Waals surface area contributed by atoms with Crippen molar-refractivity contribution in [1.29, 1.82) is 0 Å². The fourth-order valence-corrected chi connectivity index (χ4v) is 4.60. The molecule has 2 atom stereocenters. The van der Waals surface area contributed by atoms with Crippen molar-refractivity contribution in [2.24, 2.45) is 0 Å². The molecule has 3 rings (SSSR count). The summed E-state index contributed by atoms with van der Waals surface area (Å²) in [6.45, 7) is 4.21. The van der Waals surface area contributed by atoms with Crippen LogP contribution < -0.4 is 15.4 Å². The predicted molar refractivity (Wildman–Crippen MR) is 98.3 cm³/mol. The van der Waals surface area contributed by atoms with E-state index < -0.39 is 15.9 Å². The number of ether oxygens (including phenoxy) is 2. The van der Waals surface area contributed by atoms with Crippen LogP contribution in [0.3, 0.4) is 0 Å². The Hall–Kier alpha value is -2.17. The van der Waals surface area contributed by atoms with E-state index in [1.807, 2.05) is 13.8 Å². The van der Waals surface area contributed by atoms with Crippen LogP contribution in [-0.4, -0.2) is 68.7 Å². The van der Waals surface area contributed by atoms with Gasteiger partial charge in [-0.05, 0) is 32.0 Å². The Kier molecular flexibility index (Phi) is 5.68. The number of carbonyl (C=O) groups is 2. The van der Waals surface area contributed by atoms with E-state index in [0.717, 1.165) is 0 Å². The van der Waals surface area contributed by atoms with Crippen molar-refractivity contribution in [1.82, 2.24) is 9.62 Å². The molecule has 0 spiro atoms. The monoisotopic (exact) mass is 397 g/mol. The molecule has 9 nitrogen and oxygen atoms in total. The number of nitrogens with zero attached hydrogens (tertiary/aromatic N) is 1. The van der Waals surface area contributed by atoms with Gasteiger partial charge in [-0.2, -0.15) is 4.31 Å². The molecule has 2 amide bonds. The minimum atomic E-state index is -3.49. The van der Waals surface area contributed by atoms with Crippen molar-refractivity contribution in [2.75, 3.05) is 37.3 Å². The Morgan fingerprint density at radius 3 is 2.70 bits per heavy atom. The highest BCUT2D eigenvalue weighted by atomic mass is 32.2. The first-order chi connectivity index (χ1) is 12.7. The highest BCUT2D eigenvalue weighted by Crippen LogP contribution is 2.28. The fourth-order valence-electron chi connectivity index (χ4n) is 3.11. The molecule has 1 saturated heterocycles. The molecule has 148 valence electrons. The SMILES string of the molecule is CC1CN(S(=O)(=O)CCNC(=O)c2ccc3c(c2)NC(=O)CO3)CC(C)O1. The summed E-state index contributed by atoms with van der Waals surface area (Å²) in [6.07, 6.45) is -0.322. The molecule has 0 bridgehead atoms. The second-order valence-corrected chi connectivity index (χ2v) is 8.78. The van der Waals surface area contributed by atoms with Crippen LogP contribution in [0.15, 0.2) is 18.2 Å². The number of fused-ring (bicyclic) bond motifs is 1. The largest absolute Gasteiger partial charge is 0.482 e.